The third kappa shape index (κ3) is 3.49. The van der Waals surface area contributed by atoms with Gasteiger partial charge in [0.15, 0.2) is 0 Å². The molecule has 0 amide bonds. The lowest BCUT2D eigenvalue weighted by atomic mass is 9.71. The van der Waals surface area contributed by atoms with Crippen LogP contribution in [-0.4, -0.2) is 29.7 Å². The van der Waals surface area contributed by atoms with Crippen molar-refractivity contribution < 1.29 is 9.47 Å². The van der Waals surface area contributed by atoms with Crippen LogP contribution in [0.5, 0.6) is 0 Å². The van der Waals surface area contributed by atoms with Crippen LogP contribution < -0.4 is 0 Å². The van der Waals surface area contributed by atoms with Crippen molar-refractivity contribution >= 4 is 15.9 Å². The molecule has 2 fully saturated rings. The molecule has 2 rings (SSSR count). The maximum absolute atomic E-state index is 6.31. The normalized spacial score (nSPS) is 43.5. The van der Waals surface area contributed by atoms with Crippen LogP contribution in [0.2, 0.25) is 0 Å². The summed E-state index contributed by atoms with van der Waals surface area (Å²) in [6, 6.07) is 0. The fourth-order valence-electron chi connectivity index (χ4n) is 3.67. The molecule has 5 unspecified atom stereocenters. The Hall–Kier alpha value is 0.400. The van der Waals surface area contributed by atoms with Crippen molar-refractivity contribution in [3.05, 3.63) is 0 Å². The second-order valence-corrected chi connectivity index (χ2v) is 8.06. The van der Waals surface area contributed by atoms with Gasteiger partial charge in [-0.3, -0.25) is 0 Å². The Balaban J connectivity index is 1.86. The lowest BCUT2D eigenvalue weighted by Gasteiger charge is -2.46. The molecule has 18 heavy (non-hydrogen) atoms. The van der Waals surface area contributed by atoms with Crippen LogP contribution in [0.4, 0.5) is 0 Å². The number of ether oxygens (including phenoxy) is 2. The number of halogens is 1. The van der Waals surface area contributed by atoms with Gasteiger partial charge in [0.25, 0.3) is 0 Å². The van der Waals surface area contributed by atoms with E-state index in [1.807, 2.05) is 0 Å². The molecule has 0 bridgehead atoms. The SMILES string of the molecule is CCOC1C(Br)CC1OC1CC(C)CC(C)(C)C1. The molecule has 0 spiro atoms. The van der Waals surface area contributed by atoms with Crippen LogP contribution in [0.3, 0.4) is 0 Å². The Morgan fingerprint density at radius 2 is 1.94 bits per heavy atom. The van der Waals surface area contributed by atoms with E-state index in [0.717, 1.165) is 18.9 Å². The van der Waals surface area contributed by atoms with Gasteiger partial charge >= 0.3 is 0 Å². The third-order valence-electron chi connectivity index (χ3n) is 4.25. The Labute approximate surface area is 120 Å². The highest BCUT2D eigenvalue weighted by Crippen LogP contribution is 2.42. The molecule has 2 aliphatic rings. The first-order valence-corrected chi connectivity index (χ1v) is 8.24. The van der Waals surface area contributed by atoms with Crippen molar-refractivity contribution in [3.8, 4) is 0 Å². The second-order valence-electron chi connectivity index (χ2n) is 6.88. The summed E-state index contributed by atoms with van der Waals surface area (Å²) < 4.78 is 12.1. The van der Waals surface area contributed by atoms with Gasteiger partial charge in [-0.25, -0.2) is 0 Å². The van der Waals surface area contributed by atoms with Gasteiger partial charge in [-0.2, -0.15) is 0 Å². The molecular weight excluding hydrogens is 292 g/mol. The molecule has 106 valence electrons. The fourth-order valence-corrected chi connectivity index (χ4v) is 4.54. The van der Waals surface area contributed by atoms with Crippen LogP contribution in [0.15, 0.2) is 0 Å². The lowest BCUT2D eigenvalue weighted by Crippen LogP contribution is -2.52. The highest BCUT2D eigenvalue weighted by atomic mass is 79.9. The van der Waals surface area contributed by atoms with Crippen LogP contribution >= 0.6 is 15.9 Å². The van der Waals surface area contributed by atoms with E-state index >= 15 is 0 Å². The van der Waals surface area contributed by atoms with E-state index in [9.17, 15) is 0 Å². The summed E-state index contributed by atoms with van der Waals surface area (Å²) in [4.78, 5) is 0.483. The average molecular weight is 319 g/mol. The van der Waals surface area contributed by atoms with Gasteiger partial charge in [0, 0.05) is 11.4 Å². The number of hydrogen-bond donors (Lipinski definition) is 0. The smallest absolute Gasteiger partial charge is 0.0962 e. The van der Waals surface area contributed by atoms with E-state index in [1.165, 1.54) is 19.3 Å². The summed E-state index contributed by atoms with van der Waals surface area (Å²) in [5, 5.41) is 0. The molecule has 0 heterocycles. The minimum atomic E-state index is 0.260. The van der Waals surface area contributed by atoms with Gasteiger partial charge in [0.1, 0.15) is 0 Å². The quantitative estimate of drug-likeness (QED) is 0.725. The van der Waals surface area contributed by atoms with Crippen molar-refractivity contribution in [3.63, 3.8) is 0 Å². The zero-order valence-electron chi connectivity index (χ0n) is 12.1. The zero-order chi connectivity index (χ0) is 13.3. The Bertz CT molecular complexity index is 280. The molecule has 0 saturated heterocycles. The second kappa shape index (κ2) is 5.80. The first kappa shape index (κ1) is 14.8. The van der Waals surface area contributed by atoms with Crippen LogP contribution in [0.1, 0.15) is 53.4 Å². The first-order chi connectivity index (χ1) is 8.41. The fraction of sp³-hybridized carbons (Fsp3) is 1.00. The molecule has 0 aromatic heterocycles. The summed E-state index contributed by atoms with van der Waals surface area (Å²) >= 11 is 3.66. The third-order valence-corrected chi connectivity index (χ3v) is 5.15. The van der Waals surface area contributed by atoms with E-state index < -0.39 is 0 Å². The number of rotatable bonds is 4. The van der Waals surface area contributed by atoms with Crippen LogP contribution in [0.25, 0.3) is 0 Å². The largest absolute Gasteiger partial charge is 0.375 e. The van der Waals surface area contributed by atoms with E-state index in [4.69, 9.17) is 9.47 Å². The molecule has 0 N–H and O–H groups in total. The van der Waals surface area contributed by atoms with Gasteiger partial charge in [0.2, 0.25) is 0 Å². The van der Waals surface area contributed by atoms with Crippen molar-refractivity contribution in [2.45, 2.75) is 76.5 Å². The Morgan fingerprint density at radius 3 is 2.50 bits per heavy atom. The molecule has 2 saturated carbocycles. The van der Waals surface area contributed by atoms with Gasteiger partial charge in [-0.05, 0) is 43.9 Å². The molecule has 0 aliphatic heterocycles. The summed E-state index contributed by atoms with van der Waals surface area (Å²) in [5.41, 5.74) is 0.432. The lowest BCUT2D eigenvalue weighted by molar-refractivity contribution is -0.160. The monoisotopic (exact) mass is 318 g/mol. The summed E-state index contributed by atoms with van der Waals surface area (Å²) in [6.45, 7) is 9.92. The zero-order valence-corrected chi connectivity index (χ0v) is 13.7. The summed E-state index contributed by atoms with van der Waals surface area (Å²) in [6.07, 6.45) is 5.82. The average Bonchev–Trinajstić information content (AvgIpc) is 2.22. The summed E-state index contributed by atoms with van der Waals surface area (Å²) in [7, 11) is 0. The summed E-state index contributed by atoms with van der Waals surface area (Å²) in [5.74, 6) is 0.782. The maximum atomic E-state index is 6.31. The minimum Gasteiger partial charge on any atom is -0.375 e. The van der Waals surface area contributed by atoms with E-state index in [1.54, 1.807) is 0 Å². The van der Waals surface area contributed by atoms with E-state index in [-0.39, 0.29) is 6.10 Å². The number of hydrogen-bond acceptors (Lipinski definition) is 2. The van der Waals surface area contributed by atoms with Gasteiger partial charge in [-0.1, -0.05) is 36.7 Å². The first-order valence-electron chi connectivity index (χ1n) is 7.32. The molecule has 0 aromatic carbocycles. The highest BCUT2D eigenvalue weighted by molar-refractivity contribution is 9.09. The van der Waals surface area contributed by atoms with Crippen molar-refractivity contribution in [2.24, 2.45) is 11.3 Å². The van der Waals surface area contributed by atoms with E-state index in [2.05, 4.69) is 43.6 Å². The van der Waals surface area contributed by atoms with Gasteiger partial charge < -0.3 is 9.47 Å². The predicted octanol–water partition coefficient (Wildman–Crippen LogP) is 4.16. The van der Waals surface area contributed by atoms with Crippen LogP contribution in [0, 0.1) is 11.3 Å². The molecule has 0 radical (unpaired) electrons. The minimum absolute atomic E-state index is 0.260. The molecule has 3 heteroatoms. The Kier molecular flexibility index (Phi) is 4.77. The molecular formula is C15H27BrO2. The predicted molar refractivity (Wildman–Crippen MR) is 78.2 cm³/mol. The number of alkyl halides is 1. The molecule has 0 aromatic rings. The topological polar surface area (TPSA) is 18.5 Å². The standard InChI is InChI=1S/C15H27BrO2/c1-5-17-14-12(16)7-13(14)18-11-6-10(2)8-15(3,4)9-11/h10-14H,5-9H2,1-4H3. The van der Waals surface area contributed by atoms with E-state index in [0.29, 0.717) is 22.5 Å². The Morgan fingerprint density at radius 1 is 1.22 bits per heavy atom. The molecule has 2 aliphatic carbocycles. The van der Waals surface area contributed by atoms with Gasteiger partial charge in [0.05, 0.1) is 18.3 Å². The van der Waals surface area contributed by atoms with Crippen molar-refractivity contribution in [1.82, 2.24) is 0 Å². The molecule has 2 nitrogen and oxygen atoms in total. The molecule has 5 atom stereocenters. The van der Waals surface area contributed by atoms with Gasteiger partial charge in [-0.15, -0.1) is 0 Å². The highest BCUT2D eigenvalue weighted by Gasteiger charge is 2.44. The maximum Gasteiger partial charge on any atom is 0.0962 e. The van der Waals surface area contributed by atoms with Crippen molar-refractivity contribution in [1.29, 1.82) is 0 Å². The van der Waals surface area contributed by atoms with Crippen molar-refractivity contribution in [2.75, 3.05) is 6.61 Å². The van der Waals surface area contributed by atoms with Crippen LogP contribution in [-0.2, 0) is 9.47 Å².